The Labute approximate surface area is 121 Å². The first kappa shape index (κ1) is 15.2. The molecule has 2 rings (SSSR count). The smallest absolute Gasteiger partial charge is 0.338 e. The fourth-order valence-electron chi connectivity index (χ4n) is 2.16. The number of carbonyl (C=O) groups excluding carboxylic acids is 1. The first-order valence-corrected chi connectivity index (χ1v) is 6.29. The van der Waals surface area contributed by atoms with Crippen LogP contribution in [0.5, 0.6) is 0 Å². The second kappa shape index (κ2) is 6.03. The van der Waals surface area contributed by atoms with E-state index in [-0.39, 0.29) is 11.1 Å². The van der Waals surface area contributed by atoms with Gasteiger partial charge in [-0.15, -0.1) is 0 Å². The molecule has 0 radical (unpaired) electrons. The van der Waals surface area contributed by atoms with Crippen molar-refractivity contribution >= 4 is 5.97 Å². The number of carbonyl (C=O) groups is 1. The normalized spacial score (nSPS) is 10.8. The third-order valence-corrected chi connectivity index (χ3v) is 3.26. The Kier molecular flexibility index (Phi) is 4.35. The molecule has 0 spiro atoms. The van der Waals surface area contributed by atoms with Gasteiger partial charge in [-0.05, 0) is 35.7 Å². The molecule has 0 saturated heterocycles. The summed E-state index contributed by atoms with van der Waals surface area (Å²) in [5, 5.41) is 18.5. The molecule has 0 aliphatic carbocycles. The first-order chi connectivity index (χ1) is 9.95. The van der Waals surface area contributed by atoms with Crippen molar-refractivity contribution in [2.45, 2.75) is 13.2 Å². The van der Waals surface area contributed by atoms with Crippen molar-refractivity contribution in [3.63, 3.8) is 0 Å². The first-order valence-electron chi connectivity index (χ1n) is 6.29. The summed E-state index contributed by atoms with van der Waals surface area (Å²) in [5.74, 6) is -1.56. The van der Waals surface area contributed by atoms with Crippen LogP contribution >= 0.6 is 0 Å². The van der Waals surface area contributed by atoms with Gasteiger partial charge in [0.2, 0.25) is 0 Å². The van der Waals surface area contributed by atoms with Gasteiger partial charge in [0, 0.05) is 5.56 Å². The standard InChI is InChI=1S/C16H15FO4/c1-9-5-3-4-6-10(9)11-7-13(15(18)19)14(17)8-12(11)16(20)21-2/h3-8,15,18-19H,1-2H3. The van der Waals surface area contributed by atoms with E-state index < -0.39 is 18.1 Å². The predicted molar refractivity (Wildman–Crippen MR) is 75.1 cm³/mol. The van der Waals surface area contributed by atoms with Crippen molar-refractivity contribution in [1.29, 1.82) is 0 Å². The number of benzene rings is 2. The third-order valence-electron chi connectivity index (χ3n) is 3.26. The lowest BCUT2D eigenvalue weighted by Crippen LogP contribution is -2.08. The van der Waals surface area contributed by atoms with Crippen LogP contribution in [0.25, 0.3) is 11.1 Å². The van der Waals surface area contributed by atoms with Crippen molar-refractivity contribution < 1.29 is 24.1 Å². The summed E-state index contributed by atoms with van der Waals surface area (Å²) in [4.78, 5) is 11.8. The maximum Gasteiger partial charge on any atom is 0.338 e. The van der Waals surface area contributed by atoms with E-state index in [4.69, 9.17) is 0 Å². The van der Waals surface area contributed by atoms with Gasteiger partial charge in [0.05, 0.1) is 12.7 Å². The molecule has 0 aliphatic heterocycles. The molecule has 0 heterocycles. The van der Waals surface area contributed by atoms with Crippen molar-refractivity contribution in [1.82, 2.24) is 0 Å². The molecule has 0 bridgehead atoms. The zero-order valence-electron chi connectivity index (χ0n) is 11.6. The minimum Gasteiger partial charge on any atom is -0.465 e. The summed E-state index contributed by atoms with van der Waals surface area (Å²) in [6.07, 6.45) is -1.96. The quantitative estimate of drug-likeness (QED) is 0.673. The number of aliphatic hydroxyl groups excluding tert-OH is 1. The number of hydrogen-bond acceptors (Lipinski definition) is 4. The van der Waals surface area contributed by atoms with E-state index >= 15 is 0 Å². The number of halogens is 1. The predicted octanol–water partition coefficient (Wildman–Crippen LogP) is 2.57. The fourth-order valence-corrected chi connectivity index (χ4v) is 2.16. The van der Waals surface area contributed by atoms with E-state index in [0.29, 0.717) is 11.1 Å². The molecular formula is C16H15FO4. The lowest BCUT2D eigenvalue weighted by molar-refractivity contribution is -0.0449. The topological polar surface area (TPSA) is 66.8 Å². The van der Waals surface area contributed by atoms with Gasteiger partial charge in [-0.3, -0.25) is 0 Å². The van der Waals surface area contributed by atoms with E-state index in [1.54, 1.807) is 12.1 Å². The maximum absolute atomic E-state index is 13.9. The van der Waals surface area contributed by atoms with E-state index in [0.717, 1.165) is 11.6 Å². The molecule has 0 saturated carbocycles. The van der Waals surface area contributed by atoms with Crippen molar-refractivity contribution in [3.05, 3.63) is 58.9 Å². The van der Waals surface area contributed by atoms with Crippen LogP contribution in [-0.4, -0.2) is 23.3 Å². The van der Waals surface area contributed by atoms with Crippen molar-refractivity contribution in [2.75, 3.05) is 7.11 Å². The van der Waals surface area contributed by atoms with Crippen LogP contribution in [0.15, 0.2) is 36.4 Å². The maximum atomic E-state index is 13.9. The molecule has 0 fully saturated rings. The number of aryl methyl sites for hydroxylation is 1. The average Bonchev–Trinajstić information content (AvgIpc) is 2.46. The molecule has 2 N–H and O–H groups in total. The number of methoxy groups -OCH3 is 1. The summed E-state index contributed by atoms with van der Waals surface area (Å²) >= 11 is 0. The molecule has 0 amide bonds. The third kappa shape index (κ3) is 2.94. The summed E-state index contributed by atoms with van der Waals surface area (Å²) in [6.45, 7) is 1.84. The molecule has 4 nitrogen and oxygen atoms in total. The zero-order chi connectivity index (χ0) is 15.6. The van der Waals surface area contributed by atoms with Crippen LogP contribution in [0.1, 0.15) is 27.8 Å². The number of hydrogen-bond donors (Lipinski definition) is 2. The van der Waals surface area contributed by atoms with Crippen LogP contribution in [0.2, 0.25) is 0 Å². The SMILES string of the molecule is COC(=O)c1cc(F)c(C(O)O)cc1-c1ccccc1C. The Bertz CT molecular complexity index is 680. The Morgan fingerprint density at radius 2 is 1.86 bits per heavy atom. The molecule has 2 aromatic rings. The Morgan fingerprint density at radius 1 is 1.19 bits per heavy atom. The van der Waals surface area contributed by atoms with Gasteiger partial charge < -0.3 is 14.9 Å². The van der Waals surface area contributed by atoms with E-state index in [9.17, 15) is 19.4 Å². The van der Waals surface area contributed by atoms with Gasteiger partial charge in [0.1, 0.15) is 5.82 Å². The minimum atomic E-state index is -1.96. The van der Waals surface area contributed by atoms with Gasteiger partial charge >= 0.3 is 5.97 Å². The molecule has 0 atom stereocenters. The highest BCUT2D eigenvalue weighted by atomic mass is 19.1. The summed E-state index contributed by atoms with van der Waals surface area (Å²) in [7, 11) is 1.21. The van der Waals surface area contributed by atoms with Crippen LogP contribution < -0.4 is 0 Å². The fraction of sp³-hybridized carbons (Fsp3) is 0.188. The molecule has 0 aliphatic rings. The van der Waals surface area contributed by atoms with Gasteiger partial charge in [0.25, 0.3) is 0 Å². The molecule has 2 aromatic carbocycles. The Balaban J connectivity index is 2.75. The zero-order valence-corrected chi connectivity index (χ0v) is 11.6. The minimum absolute atomic E-state index is 0.0358. The molecule has 21 heavy (non-hydrogen) atoms. The van der Waals surface area contributed by atoms with Gasteiger partial charge in [-0.25, -0.2) is 9.18 Å². The lowest BCUT2D eigenvalue weighted by atomic mass is 9.93. The number of rotatable bonds is 3. The average molecular weight is 290 g/mol. The molecule has 0 unspecified atom stereocenters. The van der Waals surface area contributed by atoms with E-state index in [1.165, 1.54) is 13.2 Å². The highest BCUT2D eigenvalue weighted by molar-refractivity contribution is 5.98. The van der Waals surface area contributed by atoms with Gasteiger partial charge in [0.15, 0.2) is 6.29 Å². The molecular weight excluding hydrogens is 275 g/mol. The molecule has 110 valence electrons. The number of ether oxygens (including phenoxy) is 1. The Morgan fingerprint density at radius 3 is 2.43 bits per heavy atom. The van der Waals surface area contributed by atoms with Crippen molar-refractivity contribution in [2.24, 2.45) is 0 Å². The van der Waals surface area contributed by atoms with E-state index in [2.05, 4.69) is 4.74 Å². The number of esters is 1. The Hall–Kier alpha value is -2.24. The molecule has 5 heteroatoms. The van der Waals surface area contributed by atoms with E-state index in [1.807, 2.05) is 19.1 Å². The highest BCUT2D eigenvalue weighted by Crippen LogP contribution is 2.31. The summed E-state index contributed by atoms with van der Waals surface area (Å²) < 4.78 is 18.5. The summed E-state index contributed by atoms with van der Waals surface area (Å²) in [5.41, 5.74) is 1.70. The van der Waals surface area contributed by atoms with Crippen LogP contribution in [-0.2, 0) is 4.74 Å². The van der Waals surface area contributed by atoms with Crippen LogP contribution in [0.4, 0.5) is 4.39 Å². The molecule has 0 aromatic heterocycles. The van der Waals surface area contributed by atoms with Crippen molar-refractivity contribution in [3.8, 4) is 11.1 Å². The largest absolute Gasteiger partial charge is 0.465 e. The van der Waals surface area contributed by atoms with Crippen LogP contribution in [0, 0.1) is 12.7 Å². The van der Waals surface area contributed by atoms with Crippen LogP contribution in [0.3, 0.4) is 0 Å². The number of aliphatic hydroxyl groups is 2. The lowest BCUT2D eigenvalue weighted by Gasteiger charge is -2.14. The second-order valence-electron chi connectivity index (χ2n) is 4.60. The summed E-state index contributed by atoms with van der Waals surface area (Å²) in [6, 6.07) is 9.44. The van der Waals surface area contributed by atoms with Gasteiger partial charge in [-0.1, -0.05) is 24.3 Å². The second-order valence-corrected chi connectivity index (χ2v) is 4.60. The van der Waals surface area contributed by atoms with Gasteiger partial charge in [-0.2, -0.15) is 0 Å². The highest BCUT2D eigenvalue weighted by Gasteiger charge is 2.20. The monoisotopic (exact) mass is 290 g/mol.